The molecule has 1 radical (unpaired) electrons. The van der Waals surface area contributed by atoms with Gasteiger partial charge in [0.05, 0.1) is 7.11 Å². The zero-order valence-electron chi connectivity index (χ0n) is 7.79. The Morgan fingerprint density at radius 3 is 2.33 bits per heavy atom. The van der Waals surface area contributed by atoms with Crippen LogP contribution in [0.15, 0.2) is 18.2 Å². The van der Waals surface area contributed by atoms with Crippen molar-refractivity contribution in [2.75, 3.05) is 7.11 Å². The predicted molar refractivity (Wildman–Crippen MR) is 45.9 cm³/mol. The molecule has 0 bridgehead atoms. The van der Waals surface area contributed by atoms with Crippen molar-refractivity contribution >= 4 is 0 Å². The molecular formula is C10H13OY-. The summed E-state index contributed by atoms with van der Waals surface area (Å²) in [5.41, 5.74) is 1.30. The molecular weight excluding hydrogens is 225 g/mol. The maximum absolute atomic E-state index is 4.99. The van der Waals surface area contributed by atoms with E-state index in [1.807, 2.05) is 12.1 Å². The Bertz CT molecular complexity index is 216. The molecule has 63 valence electrons. The van der Waals surface area contributed by atoms with Crippen molar-refractivity contribution in [3.8, 4) is 5.75 Å². The minimum Gasteiger partial charge on any atom is -0.523 e. The van der Waals surface area contributed by atoms with E-state index >= 15 is 0 Å². The van der Waals surface area contributed by atoms with Crippen LogP contribution in [0.1, 0.15) is 25.3 Å². The van der Waals surface area contributed by atoms with Gasteiger partial charge in [-0.15, -0.1) is 12.1 Å². The van der Waals surface area contributed by atoms with Crippen LogP contribution in [0.5, 0.6) is 5.75 Å². The molecule has 0 saturated heterocycles. The average molecular weight is 238 g/mol. The fraction of sp³-hybridized carbons (Fsp3) is 0.400. The van der Waals surface area contributed by atoms with Crippen LogP contribution in [0.2, 0.25) is 0 Å². The van der Waals surface area contributed by atoms with Crippen LogP contribution in [0.3, 0.4) is 0 Å². The second kappa shape index (κ2) is 5.72. The van der Waals surface area contributed by atoms with Gasteiger partial charge in [-0.2, -0.15) is 17.7 Å². The third kappa shape index (κ3) is 3.24. The molecule has 0 fully saturated rings. The molecule has 0 aromatic heterocycles. The van der Waals surface area contributed by atoms with Gasteiger partial charge in [0.2, 0.25) is 0 Å². The van der Waals surface area contributed by atoms with Crippen molar-refractivity contribution in [1.82, 2.24) is 0 Å². The Morgan fingerprint density at radius 2 is 2.00 bits per heavy atom. The fourth-order valence-electron chi connectivity index (χ4n) is 0.909. The Hall–Kier alpha value is 0.124. The quantitative estimate of drug-likeness (QED) is 0.719. The molecule has 1 rings (SSSR count). The first-order chi connectivity index (χ1) is 5.24. The van der Waals surface area contributed by atoms with Gasteiger partial charge in [0.25, 0.3) is 0 Å². The predicted octanol–water partition coefficient (Wildman–Crippen LogP) is 2.62. The molecule has 12 heavy (non-hydrogen) atoms. The summed E-state index contributed by atoms with van der Waals surface area (Å²) in [5.74, 6) is 1.37. The van der Waals surface area contributed by atoms with Gasteiger partial charge in [0.1, 0.15) is 0 Å². The van der Waals surface area contributed by atoms with Crippen molar-refractivity contribution in [3.63, 3.8) is 0 Å². The van der Waals surface area contributed by atoms with Crippen LogP contribution in [0, 0.1) is 6.07 Å². The Labute approximate surface area is 99.4 Å². The van der Waals surface area contributed by atoms with E-state index in [4.69, 9.17) is 4.74 Å². The number of ether oxygens (including phenoxy) is 1. The maximum Gasteiger partial charge on any atom is 0.0743 e. The van der Waals surface area contributed by atoms with Crippen LogP contribution in [-0.4, -0.2) is 7.11 Å². The molecule has 0 amide bonds. The normalized spacial score (nSPS) is 9.33. The molecule has 0 saturated carbocycles. The third-order valence-electron chi connectivity index (χ3n) is 1.69. The second-order valence-corrected chi connectivity index (χ2v) is 2.85. The zero-order chi connectivity index (χ0) is 8.27. The van der Waals surface area contributed by atoms with E-state index in [2.05, 4.69) is 26.0 Å². The van der Waals surface area contributed by atoms with Gasteiger partial charge in [-0.25, -0.2) is 0 Å². The van der Waals surface area contributed by atoms with Crippen LogP contribution in [-0.2, 0) is 32.7 Å². The van der Waals surface area contributed by atoms with E-state index in [0.717, 1.165) is 5.75 Å². The van der Waals surface area contributed by atoms with Crippen molar-refractivity contribution in [3.05, 3.63) is 29.8 Å². The third-order valence-corrected chi connectivity index (χ3v) is 1.69. The molecule has 1 nitrogen and oxygen atoms in total. The summed E-state index contributed by atoms with van der Waals surface area (Å²) in [4.78, 5) is 0. The molecule has 1 aromatic carbocycles. The number of methoxy groups -OCH3 is 1. The molecule has 0 aliphatic carbocycles. The second-order valence-electron chi connectivity index (χ2n) is 2.85. The van der Waals surface area contributed by atoms with E-state index in [9.17, 15) is 0 Å². The molecule has 2 heteroatoms. The topological polar surface area (TPSA) is 9.23 Å². The monoisotopic (exact) mass is 238 g/mol. The molecule has 0 N–H and O–H groups in total. The van der Waals surface area contributed by atoms with Crippen LogP contribution < -0.4 is 4.74 Å². The van der Waals surface area contributed by atoms with Crippen molar-refractivity contribution < 1.29 is 37.4 Å². The van der Waals surface area contributed by atoms with E-state index < -0.39 is 0 Å². The zero-order valence-corrected chi connectivity index (χ0v) is 10.6. The Morgan fingerprint density at radius 1 is 1.33 bits per heavy atom. The smallest absolute Gasteiger partial charge is 0.0743 e. The summed E-state index contributed by atoms with van der Waals surface area (Å²) in [6.45, 7) is 4.32. The standard InChI is InChI=1S/C10H13O.Y/c1-8(2)9-4-6-10(11-3)7-5-9;/h4-6,8H,1-3H3;/q-1;. The molecule has 0 heterocycles. The summed E-state index contributed by atoms with van der Waals surface area (Å²) in [6, 6.07) is 9.03. The van der Waals surface area contributed by atoms with Gasteiger partial charge in [0, 0.05) is 38.5 Å². The van der Waals surface area contributed by atoms with Crippen LogP contribution >= 0.6 is 0 Å². The molecule has 0 atom stereocenters. The van der Waals surface area contributed by atoms with Gasteiger partial charge in [-0.3, -0.25) is 0 Å². The largest absolute Gasteiger partial charge is 0.523 e. The number of hydrogen-bond acceptors (Lipinski definition) is 1. The first-order valence-electron chi connectivity index (χ1n) is 3.79. The minimum absolute atomic E-state index is 0. The van der Waals surface area contributed by atoms with E-state index in [-0.39, 0.29) is 32.7 Å². The molecule has 0 unspecified atom stereocenters. The van der Waals surface area contributed by atoms with Gasteiger partial charge >= 0.3 is 0 Å². The van der Waals surface area contributed by atoms with Gasteiger partial charge in [0.15, 0.2) is 0 Å². The van der Waals surface area contributed by atoms with E-state index in [1.165, 1.54) is 5.56 Å². The summed E-state index contributed by atoms with van der Waals surface area (Å²) < 4.78 is 4.99. The fourth-order valence-corrected chi connectivity index (χ4v) is 0.909. The van der Waals surface area contributed by atoms with Gasteiger partial charge < -0.3 is 4.74 Å². The number of hydrogen-bond donors (Lipinski definition) is 0. The molecule has 0 aliphatic rings. The van der Waals surface area contributed by atoms with E-state index in [0.29, 0.717) is 5.92 Å². The van der Waals surface area contributed by atoms with Gasteiger partial charge in [-0.05, 0) is 0 Å². The Kier molecular flexibility index (Phi) is 5.77. The molecule has 0 aliphatic heterocycles. The average Bonchev–Trinajstić information content (AvgIpc) is 2.05. The summed E-state index contributed by atoms with van der Waals surface area (Å²) in [6.07, 6.45) is 0. The number of rotatable bonds is 2. The number of benzene rings is 1. The van der Waals surface area contributed by atoms with Crippen molar-refractivity contribution in [2.45, 2.75) is 19.8 Å². The van der Waals surface area contributed by atoms with Crippen LogP contribution in [0.25, 0.3) is 0 Å². The van der Waals surface area contributed by atoms with E-state index in [1.54, 1.807) is 7.11 Å². The Balaban J connectivity index is 0.00000121. The first-order valence-corrected chi connectivity index (χ1v) is 3.79. The van der Waals surface area contributed by atoms with Gasteiger partial charge in [-0.1, -0.05) is 19.8 Å². The summed E-state index contributed by atoms with van der Waals surface area (Å²) in [5, 5.41) is 0. The molecule has 0 spiro atoms. The summed E-state index contributed by atoms with van der Waals surface area (Å²) in [7, 11) is 1.65. The van der Waals surface area contributed by atoms with Crippen molar-refractivity contribution in [1.29, 1.82) is 0 Å². The van der Waals surface area contributed by atoms with Crippen molar-refractivity contribution in [2.24, 2.45) is 0 Å². The summed E-state index contributed by atoms with van der Waals surface area (Å²) >= 11 is 0. The first kappa shape index (κ1) is 12.1. The molecule has 1 aromatic rings. The maximum atomic E-state index is 4.99. The van der Waals surface area contributed by atoms with Crippen LogP contribution in [0.4, 0.5) is 0 Å². The SMILES string of the molecule is COc1[c-]cc(C(C)C)cc1.[Y]. The minimum atomic E-state index is 0.